The molecule has 2 aromatic rings. The molecule has 1 heterocycles. The molecule has 0 radical (unpaired) electrons. The Morgan fingerprint density at radius 2 is 1.68 bits per heavy atom. The number of carbonyl (C=O) groups excluding carboxylic acids is 1. The fourth-order valence-electron chi connectivity index (χ4n) is 3.16. The largest absolute Gasteiger partial charge is 0.348 e. The molecule has 1 aliphatic rings. The normalized spacial score (nSPS) is 16.1. The molecule has 0 bridgehead atoms. The Morgan fingerprint density at radius 3 is 2.29 bits per heavy atom. The third-order valence-corrected chi connectivity index (χ3v) is 6.49. The summed E-state index contributed by atoms with van der Waals surface area (Å²) in [5.41, 5.74) is 2.57. The van der Waals surface area contributed by atoms with Crippen molar-refractivity contribution in [2.45, 2.75) is 13.1 Å². The van der Waals surface area contributed by atoms with E-state index in [0.717, 1.165) is 17.7 Å². The molecule has 1 fully saturated rings. The number of nitrogens with one attached hydrogen (secondary N) is 1. The topological polar surface area (TPSA) is 69.7 Å². The third kappa shape index (κ3) is 5.54. The average Bonchev–Trinajstić information content (AvgIpc) is 2.67. The molecule has 1 aliphatic heterocycles. The molecule has 0 spiro atoms. The van der Waals surface area contributed by atoms with Gasteiger partial charge in [0.05, 0.1) is 6.26 Å². The molecule has 3 rings (SSSR count). The zero-order valence-corrected chi connectivity index (χ0v) is 17.3. The van der Waals surface area contributed by atoms with Crippen molar-refractivity contribution in [3.8, 4) is 0 Å². The molecule has 8 heteroatoms. The zero-order chi connectivity index (χ0) is 20.1. The Balaban J connectivity index is 1.51. The molecule has 1 amide bonds. The number of rotatable bonds is 6. The van der Waals surface area contributed by atoms with Gasteiger partial charge < -0.3 is 5.32 Å². The van der Waals surface area contributed by atoms with E-state index in [-0.39, 0.29) is 5.91 Å². The van der Waals surface area contributed by atoms with Gasteiger partial charge in [-0.25, -0.2) is 8.42 Å². The van der Waals surface area contributed by atoms with Gasteiger partial charge in [-0.15, -0.1) is 0 Å². The van der Waals surface area contributed by atoms with Crippen LogP contribution >= 0.6 is 11.6 Å². The van der Waals surface area contributed by atoms with E-state index in [1.807, 2.05) is 42.5 Å². The maximum Gasteiger partial charge on any atom is 0.251 e. The fourth-order valence-corrected chi connectivity index (χ4v) is 4.19. The molecule has 1 N–H and O–H groups in total. The Morgan fingerprint density at radius 1 is 1.04 bits per heavy atom. The molecule has 0 saturated carbocycles. The molecular formula is C20H24ClN3O3S. The van der Waals surface area contributed by atoms with Crippen LogP contribution in [-0.2, 0) is 23.1 Å². The highest BCUT2D eigenvalue weighted by molar-refractivity contribution is 7.88. The number of halogens is 1. The van der Waals surface area contributed by atoms with Crippen LogP contribution in [0.5, 0.6) is 0 Å². The van der Waals surface area contributed by atoms with Gasteiger partial charge in [0.1, 0.15) is 0 Å². The number of benzene rings is 2. The van der Waals surface area contributed by atoms with Gasteiger partial charge in [0.25, 0.3) is 5.91 Å². The lowest BCUT2D eigenvalue weighted by Gasteiger charge is -2.33. The SMILES string of the molecule is CS(=O)(=O)N1CCN(Cc2ccc(C(=O)NCc3ccccc3Cl)cc2)CC1. The third-order valence-electron chi connectivity index (χ3n) is 4.82. The van der Waals surface area contributed by atoms with Gasteiger partial charge in [-0.2, -0.15) is 4.31 Å². The van der Waals surface area contributed by atoms with Gasteiger partial charge in [-0.05, 0) is 29.3 Å². The maximum atomic E-state index is 12.3. The van der Waals surface area contributed by atoms with Crippen LogP contribution in [0, 0.1) is 0 Å². The second-order valence-corrected chi connectivity index (χ2v) is 9.30. The number of carbonyl (C=O) groups is 1. The first-order valence-corrected chi connectivity index (χ1v) is 11.3. The first kappa shape index (κ1) is 20.8. The van der Waals surface area contributed by atoms with E-state index in [9.17, 15) is 13.2 Å². The van der Waals surface area contributed by atoms with Gasteiger partial charge in [0.2, 0.25) is 10.0 Å². The summed E-state index contributed by atoms with van der Waals surface area (Å²) < 4.78 is 24.7. The van der Waals surface area contributed by atoms with Gasteiger partial charge in [0.15, 0.2) is 0 Å². The molecular weight excluding hydrogens is 398 g/mol. The Labute approximate surface area is 171 Å². The van der Waals surface area contributed by atoms with Crippen molar-refractivity contribution in [3.05, 3.63) is 70.2 Å². The Bertz CT molecular complexity index is 924. The number of hydrogen-bond donors (Lipinski definition) is 1. The molecule has 0 aliphatic carbocycles. The van der Waals surface area contributed by atoms with Crippen molar-refractivity contribution in [3.63, 3.8) is 0 Å². The fraction of sp³-hybridized carbons (Fsp3) is 0.350. The first-order valence-electron chi connectivity index (χ1n) is 9.11. The van der Waals surface area contributed by atoms with Crippen LogP contribution < -0.4 is 5.32 Å². The summed E-state index contributed by atoms with van der Waals surface area (Å²) in [5, 5.41) is 3.51. The van der Waals surface area contributed by atoms with Crippen LogP contribution in [0.4, 0.5) is 0 Å². The summed E-state index contributed by atoms with van der Waals surface area (Å²) in [7, 11) is -3.11. The van der Waals surface area contributed by atoms with E-state index in [2.05, 4.69) is 10.2 Å². The lowest BCUT2D eigenvalue weighted by molar-refractivity contribution is 0.0951. The number of sulfonamides is 1. The summed E-state index contributed by atoms with van der Waals surface area (Å²) in [4.78, 5) is 14.6. The average molecular weight is 422 g/mol. The minimum absolute atomic E-state index is 0.145. The van der Waals surface area contributed by atoms with Crippen LogP contribution in [0.3, 0.4) is 0 Å². The van der Waals surface area contributed by atoms with Crippen LogP contribution in [0.2, 0.25) is 5.02 Å². The predicted octanol–water partition coefficient (Wildman–Crippen LogP) is 2.35. The van der Waals surface area contributed by atoms with Crippen LogP contribution in [0.1, 0.15) is 21.5 Å². The van der Waals surface area contributed by atoms with Crippen molar-refractivity contribution < 1.29 is 13.2 Å². The molecule has 0 aromatic heterocycles. The van der Waals surface area contributed by atoms with Crippen molar-refractivity contribution >= 4 is 27.5 Å². The van der Waals surface area contributed by atoms with E-state index in [1.165, 1.54) is 10.6 Å². The van der Waals surface area contributed by atoms with E-state index >= 15 is 0 Å². The van der Waals surface area contributed by atoms with E-state index in [0.29, 0.717) is 43.3 Å². The van der Waals surface area contributed by atoms with Crippen molar-refractivity contribution in [2.75, 3.05) is 32.4 Å². The lowest BCUT2D eigenvalue weighted by Crippen LogP contribution is -2.47. The maximum absolute atomic E-state index is 12.3. The standard InChI is InChI=1S/C20H24ClN3O3S/c1-28(26,27)24-12-10-23(11-13-24)15-16-6-8-17(9-7-16)20(25)22-14-18-4-2-3-5-19(18)21/h2-9H,10-15H2,1H3,(H,22,25). The minimum atomic E-state index is -3.11. The summed E-state index contributed by atoms with van der Waals surface area (Å²) in [6.07, 6.45) is 1.25. The van der Waals surface area contributed by atoms with E-state index in [1.54, 1.807) is 6.07 Å². The summed E-state index contributed by atoms with van der Waals surface area (Å²) in [6, 6.07) is 14.9. The molecule has 1 saturated heterocycles. The van der Waals surface area contributed by atoms with Crippen molar-refractivity contribution in [1.82, 2.24) is 14.5 Å². The van der Waals surface area contributed by atoms with Crippen LogP contribution in [0.15, 0.2) is 48.5 Å². The highest BCUT2D eigenvalue weighted by Crippen LogP contribution is 2.15. The molecule has 28 heavy (non-hydrogen) atoms. The number of piperazine rings is 1. The summed E-state index contributed by atoms with van der Waals surface area (Å²) in [5.74, 6) is -0.145. The van der Waals surface area contributed by atoms with Crippen LogP contribution in [-0.4, -0.2) is 56.0 Å². The van der Waals surface area contributed by atoms with Gasteiger partial charge in [0, 0.05) is 49.9 Å². The Hall–Kier alpha value is -1.93. The zero-order valence-electron chi connectivity index (χ0n) is 15.8. The molecule has 0 unspecified atom stereocenters. The second kappa shape index (κ2) is 9.05. The van der Waals surface area contributed by atoms with Crippen LogP contribution in [0.25, 0.3) is 0 Å². The number of nitrogens with zero attached hydrogens (tertiary/aromatic N) is 2. The second-order valence-electron chi connectivity index (χ2n) is 6.91. The van der Waals surface area contributed by atoms with Gasteiger partial charge >= 0.3 is 0 Å². The summed E-state index contributed by atoms with van der Waals surface area (Å²) in [6.45, 7) is 3.55. The van der Waals surface area contributed by atoms with Gasteiger partial charge in [-0.3, -0.25) is 9.69 Å². The number of amides is 1. The Kier molecular flexibility index (Phi) is 6.72. The lowest BCUT2D eigenvalue weighted by atomic mass is 10.1. The minimum Gasteiger partial charge on any atom is -0.348 e. The number of hydrogen-bond acceptors (Lipinski definition) is 4. The summed E-state index contributed by atoms with van der Waals surface area (Å²) >= 11 is 6.11. The van der Waals surface area contributed by atoms with E-state index < -0.39 is 10.0 Å². The monoisotopic (exact) mass is 421 g/mol. The quantitative estimate of drug-likeness (QED) is 0.777. The first-order chi connectivity index (χ1) is 13.3. The predicted molar refractivity (Wildman–Crippen MR) is 111 cm³/mol. The molecule has 150 valence electrons. The smallest absolute Gasteiger partial charge is 0.251 e. The molecule has 6 nitrogen and oxygen atoms in total. The van der Waals surface area contributed by atoms with Gasteiger partial charge in [-0.1, -0.05) is 41.9 Å². The van der Waals surface area contributed by atoms with Crippen molar-refractivity contribution in [2.24, 2.45) is 0 Å². The highest BCUT2D eigenvalue weighted by Gasteiger charge is 2.23. The molecule has 2 aromatic carbocycles. The van der Waals surface area contributed by atoms with Crippen molar-refractivity contribution in [1.29, 1.82) is 0 Å². The highest BCUT2D eigenvalue weighted by atomic mass is 35.5. The van der Waals surface area contributed by atoms with E-state index in [4.69, 9.17) is 11.6 Å². The molecule has 0 atom stereocenters.